The predicted molar refractivity (Wildman–Crippen MR) is 80.5 cm³/mol. The third kappa shape index (κ3) is 3.06. The summed E-state index contributed by atoms with van der Waals surface area (Å²) in [6.45, 7) is -0.730. The van der Waals surface area contributed by atoms with Gasteiger partial charge < -0.3 is 44.8 Å². The van der Waals surface area contributed by atoms with Crippen LogP contribution in [-0.2, 0) is 14.2 Å². The molecule has 3 saturated heterocycles. The number of nitrogens with zero attached hydrogens (tertiary/aromatic N) is 1. The van der Waals surface area contributed by atoms with Crippen molar-refractivity contribution in [2.75, 3.05) is 20.3 Å². The first-order valence-corrected chi connectivity index (χ1v) is 8.22. The molecule has 26 heavy (non-hydrogen) atoms. The number of methoxy groups -OCH3 is 1. The Bertz CT molecular complexity index is 522. The van der Waals surface area contributed by atoms with Crippen LogP contribution in [0.1, 0.15) is 0 Å². The van der Waals surface area contributed by atoms with Gasteiger partial charge in [0, 0.05) is 7.11 Å². The van der Waals surface area contributed by atoms with Crippen LogP contribution in [0.25, 0.3) is 0 Å². The van der Waals surface area contributed by atoms with Crippen LogP contribution in [0.3, 0.4) is 0 Å². The fourth-order valence-corrected chi connectivity index (χ4v) is 3.68. The first kappa shape index (κ1) is 19.7. The van der Waals surface area contributed by atoms with Crippen molar-refractivity contribution in [3.05, 3.63) is 0 Å². The van der Waals surface area contributed by atoms with Gasteiger partial charge in [0.05, 0.1) is 18.7 Å². The Morgan fingerprint density at radius 3 is 2.42 bits per heavy atom. The number of amides is 1. The van der Waals surface area contributed by atoms with Crippen molar-refractivity contribution >= 4 is 6.09 Å². The molecule has 1 amide bonds. The van der Waals surface area contributed by atoms with E-state index >= 15 is 0 Å². The van der Waals surface area contributed by atoms with Crippen molar-refractivity contribution in [3.63, 3.8) is 0 Å². The first-order valence-electron chi connectivity index (χ1n) is 8.22. The summed E-state index contributed by atoms with van der Waals surface area (Å²) in [6, 6.07) is -2.01. The average Bonchev–Trinajstić information content (AvgIpc) is 3.02. The van der Waals surface area contributed by atoms with E-state index in [1.807, 2.05) is 0 Å². The van der Waals surface area contributed by atoms with Crippen LogP contribution in [0, 0.1) is 0 Å². The van der Waals surface area contributed by atoms with Crippen molar-refractivity contribution < 1.29 is 49.6 Å². The quantitative estimate of drug-likeness (QED) is 0.249. The zero-order chi connectivity index (χ0) is 19.2. The monoisotopic (exact) mass is 380 g/mol. The minimum Gasteiger partial charge on any atom is -0.447 e. The molecule has 3 heterocycles. The molecular formula is C14H24N2O10. The summed E-state index contributed by atoms with van der Waals surface area (Å²) in [6.07, 6.45) is -11.8. The smallest absolute Gasteiger partial charge is 0.411 e. The van der Waals surface area contributed by atoms with Crippen molar-refractivity contribution in [2.45, 2.75) is 61.2 Å². The second-order valence-electron chi connectivity index (χ2n) is 6.60. The summed E-state index contributed by atoms with van der Waals surface area (Å²) in [4.78, 5) is 13.0. The minimum atomic E-state index is -1.62. The lowest BCUT2D eigenvalue weighted by Gasteiger charge is -2.48. The molecule has 7 N–H and O–H groups in total. The topological polar surface area (TPSA) is 181 Å². The number of fused-ring (bicyclic) bond motifs is 1. The largest absolute Gasteiger partial charge is 0.447 e. The Morgan fingerprint density at radius 2 is 1.81 bits per heavy atom. The van der Waals surface area contributed by atoms with E-state index in [-0.39, 0.29) is 6.61 Å². The standard InChI is InChI=1S/C14H24N2O10/c1-24-13-11(22)8(19)6(5(2-17)26-13)15-12-10(21)9(20)7(18)4-3-25-14(23)16(4)12/h4-13,15,17-22H,2-3H2,1H3/t4-,5-,6-,7-,8+,9+,10-,11-,12+,13+/m1/s1. The van der Waals surface area contributed by atoms with Gasteiger partial charge in [0.1, 0.15) is 49.4 Å². The van der Waals surface area contributed by atoms with E-state index in [0.717, 1.165) is 4.90 Å². The van der Waals surface area contributed by atoms with E-state index in [1.54, 1.807) is 0 Å². The highest BCUT2D eigenvalue weighted by molar-refractivity contribution is 5.71. The zero-order valence-corrected chi connectivity index (χ0v) is 14.0. The maximum absolute atomic E-state index is 12.0. The minimum absolute atomic E-state index is 0.177. The maximum Gasteiger partial charge on any atom is 0.411 e. The van der Waals surface area contributed by atoms with Gasteiger partial charge in [0.25, 0.3) is 0 Å². The van der Waals surface area contributed by atoms with Gasteiger partial charge in [0.2, 0.25) is 0 Å². The highest BCUT2D eigenvalue weighted by Gasteiger charge is 2.55. The van der Waals surface area contributed by atoms with E-state index in [0.29, 0.717) is 0 Å². The molecule has 0 saturated carbocycles. The van der Waals surface area contributed by atoms with Crippen molar-refractivity contribution in [3.8, 4) is 0 Å². The lowest BCUT2D eigenvalue weighted by Crippen LogP contribution is -2.74. The van der Waals surface area contributed by atoms with Gasteiger partial charge in [-0.05, 0) is 0 Å². The van der Waals surface area contributed by atoms with E-state index < -0.39 is 73.9 Å². The summed E-state index contributed by atoms with van der Waals surface area (Å²) in [7, 11) is 1.26. The molecule has 3 aliphatic heterocycles. The first-order chi connectivity index (χ1) is 12.3. The van der Waals surface area contributed by atoms with E-state index in [2.05, 4.69) is 5.32 Å². The number of hydrogen-bond donors (Lipinski definition) is 7. The average molecular weight is 380 g/mol. The summed E-state index contributed by atoms with van der Waals surface area (Å²) >= 11 is 0. The molecule has 0 aromatic rings. The molecule has 0 aliphatic carbocycles. The van der Waals surface area contributed by atoms with Crippen molar-refractivity contribution in [1.82, 2.24) is 10.2 Å². The third-order valence-corrected chi connectivity index (χ3v) is 5.14. The van der Waals surface area contributed by atoms with E-state index in [1.165, 1.54) is 7.11 Å². The molecule has 12 nitrogen and oxygen atoms in total. The van der Waals surface area contributed by atoms with Crippen LogP contribution < -0.4 is 5.32 Å². The summed E-state index contributed by atoms with van der Waals surface area (Å²) in [5.74, 6) is 0. The van der Waals surface area contributed by atoms with Crippen LogP contribution in [0.5, 0.6) is 0 Å². The van der Waals surface area contributed by atoms with Gasteiger partial charge in [-0.15, -0.1) is 0 Å². The molecule has 10 atom stereocenters. The Morgan fingerprint density at radius 1 is 1.12 bits per heavy atom. The summed E-state index contributed by atoms with van der Waals surface area (Å²) < 4.78 is 15.1. The van der Waals surface area contributed by atoms with Gasteiger partial charge in [-0.1, -0.05) is 0 Å². The van der Waals surface area contributed by atoms with Crippen molar-refractivity contribution in [2.24, 2.45) is 0 Å². The Labute approximate surface area is 148 Å². The molecule has 3 rings (SSSR count). The number of nitrogens with one attached hydrogen (secondary N) is 1. The third-order valence-electron chi connectivity index (χ3n) is 5.14. The number of rotatable bonds is 4. The number of carbonyl (C=O) groups excluding carboxylic acids is 1. The molecule has 0 bridgehead atoms. The number of hydrogen-bond acceptors (Lipinski definition) is 11. The lowest BCUT2D eigenvalue weighted by atomic mass is 9.90. The number of cyclic esters (lactones) is 1. The second-order valence-corrected chi connectivity index (χ2v) is 6.60. The number of aliphatic hydroxyl groups excluding tert-OH is 6. The Hall–Kier alpha value is -1.09. The zero-order valence-electron chi connectivity index (χ0n) is 14.0. The summed E-state index contributed by atoms with van der Waals surface area (Å²) in [5.41, 5.74) is 0. The highest BCUT2D eigenvalue weighted by Crippen LogP contribution is 2.30. The molecule has 3 aliphatic rings. The molecule has 0 spiro atoms. The fourth-order valence-electron chi connectivity index (χ4n) is 3.68. The number of piperidine rings is 1. The molecule has 12 heteroatoms. The SMILES string of the molecule is CO[C@H]1O[C@H](CO)[C@@H](N[C@@H]2[C@H](O)[C@@H](O)[C@H](O)[C@H]3COC(=O)N32)[C@H](O)[C@H]1O. The maximum atomic E-state index is 12.0. The Kier molecular flexibility index (Phi) is 5.67. The number of carbonyl (C=O) groups is 1. The van der Waals surface area contributed by atoms with Crippen LogP contribution in [0.4, 0.5) is 4.79 Å². The van der Waals surface area contributed by atoms with Gasteiger partial charge in [0.15, 0.2) is 6.29 Å². The van der Waals surface area contributed by atoms with E-state index in [4.69, 9.17) is 14.2 Å². The highest BCUT2D eigenvalue weighted by atomic mass is 16.7. The molecule has 0 radical (unpaired) electrons. The second kappa shape index (κ2) is 7.50. The van der Waals surface area contributed by atoms with Crippen molar-refractivity contribution in [1.29, 1.82) is 0 Å². The number of ether oxygens (including phenoxy) is 3. The van der Waals surface area contributed by atoms with Gasteiger partial charge in [-0.3, -0.25) is 10.2 Å². The van der Waals surface area contributed by atoms with Crippen LogP contribution >= 0.6 is 0 Å². The van der Waals surface area contributed by atoms with Gasteiger partial charge in [-0.2, -0.15) is 0 Å². The molecule has 150 valence electrons. The summed E-state index contributed by atoms with van der Waals surface area (Å²) in [5, 5.41) is 63.1. The number of aliphatic hydroxyl groups is 6. The molecular weight excluding hydrogens is 356 g/mol. The van der Waals surface area contributed by atoms with Crippen LogP contribution in [0.2, 0.25) is 0 Å². The van der Waals surface area contributed by atoms with E-state index in [9.17, 15) is 35.4 Å². The molecule has 0 aromatic carbocycles. The Balaban J connectivity index is 1.84. The fraction of sp³-hybridized carbons (Fsp3) is 0.929. The lowest BCUT2D eigenvalue weighted by molar-refractivity contribution is -0.275. The van der Waals surface area contributed by atoms with Crippen LogP contribution in [-0.4, -0.2) is 123 Å². The van der Waals surface area contributed by atoms with Gasteiger partial charge in [-0.25, -0.2) is 4.79 Å². The molecule has 3 fully saturated rings. The molecule has 0 aromatic heterocycles. The molecule has 0 unspecified atom stereocenters. The van der Waals surface area contributed by atoms with Crippen LogP contribution in [0.15, 0.2) is 0 Å². The predicted octanol–water partition coefficient (Wildman–Crippen LogP) is -4.73. The normalized spacial score (nSPS) is 49.0. The van der Waals surface area contributed by atoms with Gasteiger partial charge >= 0.3 is 6.09 Å².